The third-order valence-electron chi connectivity index (χ3n) is 9.58. The van der Waals surface area contributed by atoms with Gasteiger partial charge in [-0.25, -0.2) is 0 Å². The zero-order chi connectivity index (χ0) is 33.3. The van der Waals surface area contributed by atoms with Gasteiger partial charge in [0.1, 0.15) is 0 Å². The van der Waals surface area contributed by atoms with Crippen LogP contribution in [0.3, 0.4) is 0 Å². The first kappa shape index (κ1) is 34.1. The normalized spacial score (nSPS) is 14.4. The summed E-state index contributed by atoms with van der Waals surface area (Å²) < 4.78 is 3.11. The van der Waals surface area contributed by atoms with Gasteiger partial charge in [0.05, 0.1) is 0 Å². The Kier molecular flexibility index (Phi) is 9.37. The summed E-state index contributed by atoms with van der Waals surface area (Å²) >= 11 is 24.4. The average molecular weight is 766 g/mol. The van der Waals surface area contributed by atoms with Gasteiger partial charge in [-0.1, -0.05) is 0 Å². The van der Waals surface area contributed by atoms with Crippen LogP contribution in [0.5, 0.6) is 0 Å². The molecule has 5 heteroatoms. The molecule has 0 bridgehead atoms. The topological polar surface area (TPSA) is 0 Å². The minimum atomic E-state index is -3.08. The van der Waals surface area contributed by atoms with Crippen molar-refractivity contribution in [3.05, 3.63) is 147 Å². The zero-order valence-corrected chi connectivity index (χ0v) is 33.3. The van der Waals surface area contributed by atoms with Crippen molar-refractivity contribution < 1.29 is 21.3 Å². The average Bonchev–Trinajstić information content (AvgIpc) is 3.61. The maximum atomic E-state index is 6.93. The second-order valence-electron chi connectivity index (χ2n) is 14.8. The van der Waals surface area contributed by atoms with Crippen LogP contribution in [0, 0.1) is 13.8 Å². The Hall–Kier alpha value is -1.73. The van der Waals surface area contributed by atoms with E-state index >= 15 is 0 Å². The predicted octanol–water partition coefficient (Wildman–Crippen LogP) is 13.3. The van der Waals surface area contributed by atoms with Crippen molar-refractivity contribution in [3.63, 3.8) is 0 Å². The Morgan fingerprint density at radius 1 is 0.652 bits per heavy atom. The maximum absolute atomic E-state index is 6.93. The van der Waals surface area contributed by atoms with Crippen LogP contribution in [0.15, 0.2) is 82.2 Å². The molecule has 0 N–H and O–H groups in total. The standard InChI is InChI=1S/C21H25.C15H10Cl4.C5H5.Zr/c1-20(2,3)16-7-9-18-14(12-16)11-15-13-17(21(4,5)6)8-10-19(15)18;1-8-10(4-12(16)6-14(8)18)3-11-5-13(17)7-15(19)9(11)2;1-2-4-5-3-1;/h7-13H,1-6H3;4-7H,1-2H3;1-3H,4H2;. The van der Waals surface area contributed by atoms with Crippen molar-refractivity contribution in [2.24, 2.45) is 0 Å². The number of halogens is 4. The summed E-state index contributed by atoms with van der Waals surface area (Å²) in [6, 6.07) is 22.3. The van der Waals surface area contributed by atoms with Gasteiger partial charge in [0.25, 0.3) is 0 Å². The summed E-state index contributed by atoms with van der Waals surface area (Å²) in [5.74, 6) is 0. The second-order valence-corrected chi connectivity index (χ2v) is 22.7. The molecule has 0 saturated heterocycles. The van der Waals surface area contributed by atoms with Crippen molar-refractivity contribution in [3.8, 4) is 11.1 Å². The fourth-order valence-electron chi connectivity index (χ4n) is 6.89. The summed E-state index contributed by atoms with van der Waals surface area (Å²) in [5.41, 5.74) is 12.6. The van der Waals surface area contributed by atoms with E-state index in [-0.39, 0.29) is 14.5 Å². The quantitative estimate of drug-likeness (QED) is 0.194. The number of fused-ring (bicyclic) bond motifs is 3. The van der Waals surface area contributed by atoms with Crippen molar-refractivity contribution in [2.75, 3.05) is 0 Å². The Bertz CT molecular complexity index is 1870. The van der Waals surface area contributed by atoms with Gasteiger partial charge in [0.15, 0.2) is 0 Å². The Labute approximate surface area is 302 Å². The first-order valence-corrected chi connectivity index (χ1v) is 21.3. The van der Waals surface area contributed by atoms with Crippen LogP contribution < -0.4 is 0 Å². The Balaban J connectivity index is 1.83. The molecule has 4 aromatic rings. The van der Waals surface area contributed by atoms with Crippen LogP contribution in [0.1, 0.15) is 96.1 Å². The molecule has 6 rings (SSSR count). The van der Waals surface area contributed by atoms with E-state index in [9.17, 15) is 0 Å². The molecule has 0 spiro atoms. The molecule has 0 amide bonds. The molecule has 0 fully saturated rings. The van der Waals surface area contributed by atoms with E-state index in [1.807, 2.05) is 12.1 Å². The Morgan fingerprint density at radius 3 is 1.50 bits per heavy atom. The van der Waals surface area contributed by atoms with Crippen LogP contribution in [0.4, 0.5) is 0 Å². The SMILES string of the molecule is Cc1c(Cl)cc(Cl)cc1[C](c1cc(Cl)cc(Cl)c1C)=[Zr]([C]1=CC=CC1)[CH]1c2cc(C(C)(C)C)ccc2-c2ccc(C(C)(C)C)cc21. The van der Waals surface area contributed by atoms with Crippen LogP contribution in [-0.2, 0) is 32.1 Å². The number of hydrogen-bond acceptors (Lipinski definition) is 0. The molecule has 236 valence electrons. The van der Waals surface area contributed by atoms with Crippen LogP contribution in [0.25, 0.3) is 11.1 Å². The van der Waals surface area contributed by atoms with Crippen molar-refractivity contribution in [1.82, 2.24) is 0 Å². The molecule has 0 atom stereocenters. The predicted molar refractivity (Wildman–Crippen MR) is 199 cm³/mol. The second kappa shape index (κ2) is 12.6. The molecule has 2 aliphatic rings. The van der Waals surface area contributed by atoms with Crippen LogP contribution >= 0.6 is 46.4 Å². The number of allylic oxidation sites excluding steroid dienone is 4. The first-order chi connectivity index (χ1) is 21.6. The molecular formula is C41H40Cl4Zr. The van der Waals surface area contributed by atoms with Gasteiger partial charge in [0.2, 0.25) is 0 Å². The van der Waals surface area contributed by atoms with E-state index in [1.54, 1.807) is 0 Å². The van der Waals surface area contributed by atoms with E-state index in [1.165, 1.54) is 39.9 Å². The van der Waals surface area contributed by atoms with Crippen LogP contribution in [0.2, 0.25) is 20.1 Å². The van der Waals surface area contributed by atoms with Crippen molar-refractivity contribution in [1.29, 1.82) is 0 Å². The van der Waals surface area contributed by atoms with Crippen LogP contribution in [-0.4, -0.2) is 3.21 Å². The third kappa shape index (κ3) is 6.26. The fraction of sp³-hybridized carbons (Fsp3) is 0.293. The van der Waals surface area contributed by atoms with Gasteiger partial charge in [-0.15, -0.1) is 0 Å². The van der Waals surface area contributed by atoms with Crippen molar-refractivity contribution >= 4 is 49.6 Å². The summed E-state index contributed by atoms with van der Waals surface area (Å²) in [6.45, 7) is 18.1. The number of hydrogen-bond donors (Lipinski definition) is 0. The molecule has 2 aliphatic carbocycles. The van der Waals surface area contributed by atoms with E-state index in [0.717, 1.165) is 28.7 Å². The summed E-state index contributed by atoms with van der Waals surface area (Å²) in [4.78, 5) is 0. The summed E-state index contributed by atoms with van der Waals surface area (Å²) in [6.07, 6.45) is 7.86. The van der Waals surface area contributed by atoms with Gasteiger partial charge in [-0.05, 0) is 0 Å². The van der Waals surface area contributed by atoms with E-state index in [4.69, 9.17) is 46.4 Å². The molecule has 0 aromatic heterocycles. The third-order valence-corrected chi connectivity index (χ3v) is 19.0. The van der Waals surface area contributed by atoms with Gasteiger partial charge < -0.3 is 0 Å². The molecule has 4 aromatic carbocycles. The monoisotopic (exact) mass is 762 g/mol. The van der Waals surface area contributed by atoms with Gasteiger partial charge in [0, 0.05) is 0 Å². The molecule has 0 unspecified atom stereocenters. The van der Waals surface area contributed by atoms with Crippen molar-refractivity contribution in [2.45, 2.75) is 76.3 Å². The number of rotatable bonds is 4. The molecule has 46 heavy (non-hydrogen) atoms. The summed E-state index contributed by atoms with van der Waals surface area (Å²) in [7, 11) is 0. The minimum absolute atomic E-state index is 0.0172. The Morgan fingerprint density at radius 2 is 1.11 bits per heavy atom. The van der Waals surface area contributed by atoms with Gasteiger partial charge in [-0.3, -0.25) is 0 Å². The van der Waals surface area contributed by atoms with E-state index in [0.29, 0.717) is 20.1 Å². The molecule has 0 heterocycles. The molecule has 0 saturated carbocycles. The van der Waals surface area contributed by atoms with E-state index < -0.39 is 21.3 Å². The molecule has 0 aliphatic heterocycles. The van der Waals surface area contributed by atoms with Gasteiger partial charge >= 0.3 is 305 Å². The fourth-order valence-corrected chi connectivity index (χ4v) is 17.2. The molecular weight excluding hydrogens is 725 g/mol. The first-order valence-electron chi connectivity index (χ1n) is 15.9. The zero-order valence-electron chi connectivity index (χ0n) is 27.8. The van der Waals surface area contributed by atoms with E-state index in [2.05, 4.69) is 122 Å². The number of benzene rings is 4. The summed E-state index contributed by atoms with van der Waals surface area (Å²) in [5, 5.41) is 2.60. The molecule has 0 radical (unpaired) electrons. The molecule has 0 nitrogen and oxygen atoms in total. The van der Waals surface area contributed by atoms with Gasteiger partial charge in [-0.2, -0.15) is 0 Å².